The molecule has 18 heavy (non-hydrogen) atoms. The van der Waals surface area contributed by atoms with Crippen molar-refractivity contribution in [1.29, 1.82) is 0 Å². The first kappa shape index (κ1) is 13.0. The van der Waals surface area contributed by atoms with E-state index in [4.69, 9.17) is 10.5 Å². The number of hydrogen-bond acceptors (Lipinski definition) is 6. The van der Waals surface area contributed by atoms with Crippen molar-refractivity contribution in [3.63, 3.8) is 0 Å². The number of nitrogens with zero attached hydrogens (tertiary/aromatic N) is 1. The standard InChI is InChI=1S/C11H17N3O4/c1-3-6-7(15)11(2,17)8(18-6)5-4-13-10(16)14-9(5)12/h4,6-8,15,17H,3H2,1-2H3,(H3,12,13,14,16)/t6-,7-,8-,11-/m1/s1. The van der Waals surface area contributed by atoms with Crippen molar-refractivity contribution in [2.75, 3.05) is 5.73 Å². The van der Waals surface area contributed by atoms with Gasteiger partial charge in [0.15, 0.2) is 0 Å². The summed E-state index contributed by atoms with van der Waals surface area (Å²) in [5, 5.41) is 20.3. The predicted molar refractivity (Wildman–Crippen MR) is 63.8 cm³/mol. The molecule has 1 aliphatic heterocycles. The molecule has 0 unspecified atom stereocenters. The molecule has 1 aromatic rings. The molecule has 100 valence electrons. The Hall–Kier alpha value is -1.44. The van der Waals surface area contributed by atoms with Gasteiger partial charge in [0.1, 0.15) is 23.6 Å². The van der Waals surface area contributed by atoms with Crippen LogP contribution in [-0.2, 0) is 4.74 Å². The maximum Gasteiger partial charge on any atom is 0.346 e. The van der Waals surface area contributed by atoms with Gasteiger partial charge in [-0.1, -0.05) is 6.92 Å². The van der Waals surface area contributed by atoms with Gasteiger partial charge >= 0.3 is 5.69 Å². The topological polar surface area (TPSA) is 121 Å². The molecule has 0 radical (unpaired) electrons. The lowest BCUT2D eigenvalue weighted by atomic mass is 9.89. The molecule has 1 saturated heterocycles. The summed E-state index contributed by atoms with van der Waals surface area (Å²) in [6.07, 6.45) is -0.486. The Bertz CT molecular complexity index is 499. The number of aliphatic hydroxyl groups is 2. The molecule has 1 fully saturated rings. The fraction of sp³-hybridized carbons (Fsp3) is 0.636. The highest BCUT2D eigenvalue weighted by atomic mass is 16.5. The van der Waals surface area contributed by atoms with Crippen LogP contribution in [0.4, 0.5) is 5.82 Å². The summed E-state index contributed by atoms with van der Waals surface area (Å²) in [6, 6.07) is 0. The van der Waals surface area contributed by atoms with Gasteiger partial charge in [-0.25, -0.2) is 9.78 Å². The van der Waals surface area contributed by atoms with E-state index in [2.05, 4.69) is 9.97 Å². The lowest BCUT2D eigenvalue weighted by molar-refractivity contribution is -0.0645. The van der Waals surface area contributed by atoms with Gasteiger partial charge in [-0.2, -0.15) is 0 Å². The van der Waals surface area contributed by atoms with Crippen LogP contribution in [0, 0.1) is 0 Å². The Balaban J connectivity index is 2.42. The summed E-state index contributed by atoms with van der Waals surface area (Å²) in [4.78, 5) is 16.9. The monoisotopic (exact) mass is 255 g/mol. The van der Waals surface area contributed by atoms with E-state index in [9.17, 15) is 15.0 Å². The number of aliphatic hydroxyl groups excluding tert-OH is 1. The van der Waals surface area contributed by atoms with Crippen LogP contribution in [0.5, 0.6) is 0 Å². The maximum absolute atomic E-state index is 11.0. The fourth-order valence-electron chi connectivity index (χ4n) is 2.25. The Morgan fingerprint density at radius 1 is 1.67 bits per heavy atom. The summed E-state index contributed by atoms with van der Waals surface area (Å²) in [7, 11) is 0. The molecule has 7 heteroatoms. The second-order valence-electron chi connectivity index (χ2n) is 4.69. The SMILES string of the molecule is CC[C@H]1O[C@H](c2cnc(=O)[nH]c2N)[C@](C)(O)[C@@H]1O. The van der Waals surface area contributed by atoms with E-state index < -0.39 is 29.6 Å². The van der Waals surface area contributed by atoms with E-state index in [0.29, 0.717) is 12.0 Å². The van der Waals surface area contributed by atoms with Crippen molar-refractivity contribution in [3.8, 4) is 0 Å². The van der Waals surface area contributed by atoms with Crippen LogP contribution in [0.1, 0.15) is 31.9 Å². The van der Waals surface area contributed by atoms with Crippen LogP contribution < -0.4 is 11.4 Å². The van der Waals surface area contributed by atoms with Gasteiger partial charge in [-0.05, 0) is 13.3 Å². The number of aromatic nitrogens is 2. The number of nitrogen functional groups attached to an aromatic ring is 1. The van der Waals surface area contributed by atoms with Crippen LogP contribution in [0.25, 0.3) is 0 Å². The van der Waals surface area contributed by atoms with Gasteiger partial charge in [-0.3, -0.25) is 4.98 Å². The second kappa shape index (κ2) is 4.34. The smallest absolute Gasteiger partial charge is 0.346 e. The average Bonchev–Trinajstić information content (AvgIpc) is 2.52. The van der Waals surface area contributed by atoms with Gasteiger partial charge in [-0.15, -0.1) is 0 Å². The molecule has 0 aromatic carbocycles. The van der Waals surface area contributed by atoms with Crippen LogP contribution in [-0.4, -0.2) is 38.0 Å². The van der Waals surface area contributed by atoms with E-state index in [-0.39, 0.29) is 5.82 Å². The second-order valence-corrected chi connectivity index (χ2v) is 4.69. The van der Waals surface area contributed by atoms with E-state index in [1.807, 2.05) is 6.92 Å². The first-order valence-electron chi connectivity index (χ1n) is 5.78. The Kier molecular flexibility index (Phi) is 3.14. The average molecular weight is 255 g/mol. The number of anilines is 1. The first-order valence-corrected chi connectivity index (χ1v) is 5.78. The number of aromatic amines is 1. The fourth-order valence-corrected chi connectivity index (χ4v) is 2.25. The number of hydrogen-bond donors (Lipinski definition) is 4. The largest absolute Gasteiger partial charge is 0.387 e. The summed E-state index contributed by atoms with van der Waals surface area (Å²) in [5.41, 5.74) is 4.01. The van der Waals surface area contributed by atoms with Gasteiger partial charge in [0.2, 0.25) is 0 Å². The number of rotatable bonds is 2. The summed E-state index contributed by atoms with van der Waals surface area (Å²) < 4.78 is 5.60. The quantitative estimate of drug-likeness (QED) is 0.555. The van der Waals surface area contributed by atoms with E-state index in [1.54, 1.807) is 0 Å². The lowest BCUT2D eigenvalue weighted by Gasteiger charge is -2.27. The molecule has 7 nitrogen and oxygen atoms in total. The summed E-state index contributed by atoms with van der Waals surface area (Å²) >= 11 is 0. The molecule has 5 N–H and O–H groups in total. The highest BCUT2D eigenvalue weighted by Crippen LogP contribution is 2.43. The van der Waals surface area contributed by atoms with Crippen molar-refractivity contribution in [2.24, 2.45) is 0 Å². The third-order valence-electron chi connectivity index (χ3n) is 3.35. The molecule has 0 bridgehead atoms. The molecular weight excluding hydrogens is 238 g/mol. The van der Waals surface area contributed by atoms with Gasteiger partial charge in [0.05, 0.1) is 6.10 Å². The molecule has 4 atom stereocenters. The highest BCUT2D eigenvalue weighted by molar-refractivity contribution is 5.40. The Labute approximate surface area is 104 Å². The van der Waals surface area contributed by atoms with Crippen LogP contribution >= 0.6 is 0 Å². The van der Waals surface area contributed by atoms with E-state index >= 15 is 0 Å². The zero-order valence-electron chi connectivity index (χ0n) is 10.3. The van der Waals surface area contributed by atoms with Gasteiger partial charge in [0, 0.05) is 11.8 Å². The predicted octanol–water partition coefficient (Wildman–Crippen LogP) is -0.686. The van der Waals surface area contributed by atoms with E-state index in [1.165, 1.54) is 13.1 Å². The third kappa shape index (κ3) is 1.90. The van der Waals surface area contributed by atoms with Crippen molar-refractivity contribution >= 4 is 5.82 Å². The summed E-state index contributed by atoms with van der Waals surface area (Å²) in [5.74, 6) is 0.0872. The summed E-state index contributed by atoms with van der Waals surface area (Å²) in [6.45, 7) is 3.32. The van der Waals surface area contributed by atoms with Gasteiger partial charge in [0.25, 0.3) is 0 Å². The molecule has 0 amide bonds. The molecule has 2 heterocycles. The minimum Gasteiger partial charge on any atom is -0.387 e. The molecule has 2 rings (SSSR count). The minimum atomic E-state index is -1.48. The van der Waals surface area contributed by atoms with Crippen molar-refractivity contribution < 1.29 is 14.9 Å². The van der Waals surface area contributed by atoms with E-state index in [0.717, 1.165) is 0 Å². The van der Waals surface area contributed by atoms with Crippen LogP contribution in [0.3, 0.4) is 0 Å². The molecule has 1 aliphatic rings. The normalized spacial score (nSPS) is 35.9. The highest BCUT2D eigenvalue weighted by Gasteiger charge is 2.52. The maximum atomic E-state index is 11.0. The number of nitrogens with one attached hydrogen (secondary N) is 1. The van der Waals surface area contributed by atoms with Crippen molar-refractivity contribution in [2.45, 2.75) is 44.2 Å². The number of nitrogens with two attached hydrogens (primary N) is 1. The lowest BCUT2D eigenvalue weighted by Crippen LogP contribution is -2.42. The van der Waals surface area contributed by atoms with Crippen molar-refractivity contribution in [3.05, 3.63) is 22.2 Å². The zero-order valence-corrected chi connectivity index (χ0v) is 10.3. The Morgan fingerprint density at radius 3 is 2.83 bits per heavy atom. The molecule has 0 saturated carbocycles. The third-order valence-corrected chi connectivity index (χ3v) is 3.35. The molecular formula is C11H17N3O4. The molecule has 0 aliphatic carbocycles. The van der Waals surface area contributed by atoms with Gasteiger partial charge < -0.3 is 20.7 Å². The first-order chi connectivity index (χ1) is 8.37. The number of H-pyrrole nitrogens is 1. The van der Waals surface area contributed by atoms with Crippen LogP contribution in [0.15, 0.2) is 11.0 Å². The Morgan fingerprint density at radius 2 is 2.33 bits per heavy atom. The number of ether oxygens (including phenoxy) is 1. The minimum absolute atomic E-state index is 0.0872. The van der Waals surface area contributed by atoms with Crippen LogP contribution in [0.2, 0.25) is 0 Å². The zero-order chi connectivity index (χ0) is 13.5. The van der Waals surface area contributed by atoms with Crippen molar-refractivity contribution in [1.82, 2.24) is 9.97 Å². The molecule has 0 spiro atoms. The molecule has 1 aromatic heterocycles.